The first-order valence-corrected chi connectivity index (χ1v) is 15.9. The number of nitrogens with zero attached hydrogens (tertiary/aromatic N) is 8. The lowest BCUT2D eigenvalue weighted by atomic mass is 10.0. The second kappa shape index (κ2) is 13.4. The molecular formula is C40H22N8O4. The van der Waals surface area contributed by atoms with Crippen molar-refractivity contribution in [2.24, 2.45) is 20.7 Å². The minimum atomic E-state index is 0.240. The molecule has 12 heteroatoms. The molecule has 0 atom stereocenters. The lowest BCUT2D eigenvalue weighted by molar-refractivity contribution is 1.28. The Balaban J connectivity index is 1.28. The third-order valence-corrected chi connectivity index (χ3v) is 8.56. The van der Waals surface area contributed by atoms with Crippen molar-refractivity contribution < 1.29 is 0 Å². The molecule has 8 rings (SSSR count). The van der Waals surface area contributed by atoms with Gasteiger partial charge in [-0.1, -0.05) is 60.7 Å². The molecule has 8 aromatic rings. The molecule has 0 aliphatic heterocycles. The maximum absolute atomic E-state index is 11.4. The Morgan fingerprint density at radius 3 is 0.865 bits per heavy atom. The molecule has 12 nitrogen and oxygen atoms in total. The van der Waals surface area contributed by atoms with Crippen molar-refractivity contribution in [3.8, 4) is 56.2 Å². The largest absolute Gasteiger partial charge is 0.244 e. The van der Waals surface area contributed by atoms with E-state index in [1.807, 2.05) is 60.7 Å². The van der Waals surface area contributed by atoms with E-state index in [9.17, 15) is 19.6 Å². The lowest BCUT2D eigenvalue weighted by Gasteiger charge is -2.13. The maximum Gasteiger partial charge on any atom is 0.108 e. The van der Waals surface area contributed by atoms with Crippen LogP contribution in [0.2, 0.25) is 0 Å². The van der Waals surface area contributed by atoms with Gasteiger partial charge in [0.2, 0.25) is 0 Å². The molecule has 0 bridgehead atoms. The van der Waals surface area contributed by atoms with E-state index < -0.39 is 0 Å². The SMILES string of the molecule is O=Nc1cccc(-c2nc3ccc(-c4ccc5nc(-c6cccc(N=O)c6)c(-c6cccc(N=O)c6)nc5c4)cc3nc2-c2cccc(N=O)c2)c1. The minimum absolute atomic E-state index is 0.240. The molecular weight excluding hydrogens is 656 g/mol. The van der Waals surface area contributed by atoms with Crippen LogP contribution in [0.15, 0.2) is 154 Å². The molecule has 246 valence electrons. The zero-order valence-electron chi connectivity index (χ0n) is 26.9. The fourth-order valence-corrected chi connectivity index (χ4v) is 6.11. The van der Waals surface area contributed by atoms with Gasteiger partial charge in [-0.3, -0.25) is 0 Å². The third kappa shape index (κ3) is 5.96. The summed E-state index contributed by atoms with van der Waals surface area (Å²) in [6.45, 7) is 0. The van der Waals surface area contributed by atoms with Gasteiger partial charge in [0.15, 0.2) is 0 Å². The standard InChI is InChI=1S/C40H22N8O4/c49-45-29-9-1-5-25(17-29)37-39(27-7-3-11-31(19-27)47-51)43-35-21-23(13-15-33(35)41-37)24-14-16-34-36(22-24)44-40(28-8-4-12-32(20-28)48-52)38(42-34)26-6-2-10-30(18-26)46-50/h1-22H. The molecule has 0 unspecified atom stereocenters. The molecule has 0 N–H and O–H groups in total. The molecule has 6 aromatic carbocycles. The zero-order valence-corrected chi connectivity index (χ0v) is 26.9. The van der Waals surface area contributed by atoms with E-state index in [1.165, 1.54) is 0 Å². The summed E-state index contributed by atoms with van der Waals surface area (Å²) in [5, 5.41) is 12.3. The fraction of sp³-hybridized carbons (Fsp3) is 0. The van der Waals surface area contributed by atoms with E-state index in [4.69, 9.17) is 19.9 Å². The normalized spacial score (nSPS) is 11.0. The fourth-order valence-electron chi connectivity index (χ4n) is 6.11. The van der Waals surface area contributed by atoms with Crippen LogP contribution >= 0.6 is 0 Å². The first kappa shape index (κ1) is 31.7. The second-order valence-corrected chi connectivity index (χ2v) is 11.8. The predicted octanol–water partition coefficient (Wildman–Crippen LogP) is 11.5. The number of nitroso groups, excluding NO2 is 4. The van der Waals surface area contributed by atoms with Crippen LogP contribution in [0.3, 0.4) is 0 Å². The van der Waals surface area contributed by atoms with Gasteiger partial charge in [-0.15, -0.1) is 19.6 Å². The summed E-state index contributed by atoms with van der Waals surface area (Å²) in [6.07, 6.45) is 0. The van der Waals surface area contributed by atoms with Gasteiger partial charge in [0, 0.05) is 22.3 Å². The van der Waals surface area contributed by atoms with Crippen LogP contribution in [0, 0.1) is 19.6 Å². The number of hydrogen-bond donors (Lipinski definition) is 0. The summed E-state index contributed by atoms with van der Waals surface area (Å²) in [7, 11) is 0. The van der Waals surface area contributed by atoms with E-state index in [2.05, 4.69) is 20.7 Å². The molecule has 2 heterocycles. The van der Waals surface area contributed by atoms with E-state index in [0.717, 1.165) is 11.1 Å². The van der Waals surface area contributed by atoms with Gasteiger partial charge in [-0.25, -0.2) is 19.9 Å². The minimum Gasteiger partial charge on any atom is -0.244 e. The molecule has 0 radical (unpaired) electrons. The van der Waals surface area contributed by atoms with Crippen LogP contribution in [-0.4, -0.2) is 19.9 Å². The van der Waals surface area contributed by atoms with Crippen molar-refractivity contribution in [2.75, 3.05) is 0 Å². The van der Waals surface area contributed by atoms with Crippen LogP contribution in [0.25, 0.3) is 78.2 Å². The molecule has 0 aliphatic carbocycles. The van der Waals surface area contributed by atoms with Crippen molar-refractivity contribution in [2.45, 2.75) is 0 Å². The molecule has 0 aliphatic rings. The van der Waals surface area contributed by atoms with Crippen molar-refractivity contribution in [1.82, 2.24) is 19.9 Å². The van der Waals surface area contributed by atoms with E-state index >= 15 is 0 Å². The monoisotopic (exact) mass is 678 g/mol. The highest BCUT2D eigenvalue weighted by molar-refractivity contribution is 5.92. The first-order chi connectivity index (χ1) is 25.5. The quantitative estimate of drug-likeness (QED) is 0.136. The van der Waals surface area contributed by atoms with E-state index in [0.29, 0.717) is 67.1 Å². The Kier molecular flexibility index (Phi) is 8.14. The number of rotatable bonds is 9. The zero-order chi connectivity index (χ0) is 35.6. The molecule has 0 saturated carbocycles. The Morgan fingerprint density at radius 2 is 0.577 bits per heavy atom. The van der Waals surface area contributed by atoms with Crippen molar-refractivity contribution in [1.29, 1.82) is 0 Å². The van der Waals surface area contributed by atoms with Gasteiger partial charge < -0.3 is 0 Å². The summed E-state index contributed by atoms with van der Waals surface area (Å²) in [6, 6.07) is 38.6. The van der Waals surface area contributed by atoms with Gasteiger partial charge >= 0.3 is 0 Å². The molecule has 0 fully saturated rings. The molecule has 2 aromatic heterocycles. The van der Waals surface area contributed by atoms with Gasteiger partial charge in [0.25, 0.3) is 0 Å². The third-order valence-electron chi connectivity index (χ3n) is 8.56. The summed E-state index contributed by atoms with van der Waals surface area (Å²) in [5.41, 5.74) is 9.62. The van der Waals surface area contributed by atoms with E-state index in [1.54, 1.807) is 72.8 Å². The summed E-state index contributed by atoms with van der Waals surface area (Å²) < 4.78 is 0. The average molecular weight is 679 g/mol. The Bertz CT molecular complexity index is 2560. The van der Waals surface area contributed by atoms with Gasteiger partial charge in [-0.05, 0) is 105 Å². The Morgan fingerprint density at radius 1 is 0.288 bits per heavy atom. The summed E-state index contributed by atoms with van der Waals surface area (Å²) in [4.78, 5) is 65.5. The van der Waals surface area contributed by atoms with Crippen LogP contribution in [-0.2, 0) is 0 Å². The Labute approximate surface area is 294 Å². The maximum atomic E-state index is 11.4. The highest BCUT2D eigenvalue weighted by atomic mass is 16.3. The predicted molar refractivity (Wildman–Crippen MR) is 202 cm³/mol. The van der Waals surface area contributed by atoms with Gasteiger partial charge in [0.1, 0.15) is 22.7 Å². The second-order valence-electron chi connectivity index (χ2n) is 11.8. The number of benzene rings is 6. The van der Waals surface area contributed by atoms with Gasteiger partial charge in [-0.2, -0.15) is 0 Å². The van der Waals surface area contributed by atoms with Crippen LogP contribution in [0.5, 0.6) is 0 Å². The topological polar surface area (TPSA) is 169 Å². The van der Waals surface area contributed by atoms with Crippen LogP contribution < -0.4 is 0 Å². The molecule has 52 heavy (non-hydrogen) atoms. The van der Waals surface area contributed by atoms with Gasteiger partial charge in [0.05, 0.1) is 44.8 Å². The number of hydrogen-bond acceptors (Lipinski definition) is 12. The average Bonchev–Trinajstić information content (AvgIpc) is 3.22. The Hall–Kier alpha value is -7.60. The highest BCUT2D eigenvalue weighted by Crippen LogP contribution is 2.37. The van der Waals surface area contributed by atoms with Crippen molar-refractivity contribution >= 4 is 44.8 Å². The summed E-state index contributed by atoms with van der Waals surface area (Å²) in [5.74, 6) is 0. The van der Waals surface area contributed by atoms with E-state index in [-0.39, 0.29) is 22.7 Å². The molecule has 0 spiro atoms. The molecule has 0 saturated heterocycles. The molecule has 0 amide bonds. The number of aromatic nitrogens is 4. The van der Waals surface area contributed by atoms with Crippen LogP contribution in [0.1, 0.15) is 0 Å². The van der Waals surface area contributed by atoms with Crippen molar-refractivity contribution in [3.63, 3.8) is 0 Å². The number of fused-ring (bicyclic) bond motifs is 2. The lowest BCUT2D eigenvalue weighted by Crippen LogP contribution is -1.97. The summed E-state index contributed by atoms with van der Waals surface area (Å²) >= 11 is 0. The first-order valence-electron chi connectivity index (χ1n) is 15.9. The van der Waals surface area contributed by atoms with Crippen LogP contribution in [0.4, 0.5) is 22.7 Å². The van der Waals surface area contributed by atoms with Crippen molar-refractivity contribution in [3.05, 3.63) is 153 Å². The smallest absolute Gasteiger partial charge is 0.108 e. The highest BCUT2D eigenvalue weighted by Gasteiger charge is 2.18.